The van der Waals surface area contributed by atoms with E-state index in [2.05, 4.69) is 4.98 Å². The van der Waals surface area contributed by atoms with Crippen LogP contribution in [0.15, 0.2) is 54.6 Å². The number of methoxy groups -OCH3 is 1. The topological polar surface area (TPSA) is 82.3 Å². The van der Waals surface area contributed by atoms with Crippen molar-refractivity contribution in [3.05, 3.63) is 70.4 Å². The van der Waals surface area contributed by atoms with Gasteiger partial charge in [-0.1, -0.05) is 30.3 Å². The fourth-order valence-corrected chi connectivity index (χ4v) is 2.39. The van der Waals surface area contributed by atoms with Crippen molar-refractivity contribution in [3.8, 4) is 11.1 Å². The van der Waals surface area contributed by atoms with Gasteiger partial charge in [0.1, 0.15) is 5.69 Å². The van der Waals surface area contributed by atoms with Crippen LogP contribution < -0.4 is 0 Å². The first-order valence-corrected chi connectivity index (χ1v) is 6.83. The van der Waals surface area contributed by atoms with E-state index >= 15 is 0 Å². The number of hydrogen-bond acceptors (Lipinski definition) is 5. The minimum absolute atomic E-state index is 0.0256. The number of carbonyl (C=O) groups is 1. The zero-order valence-electron chi connectivity index (χ0n) is 12.2. The van der Waals surface area contributed by atoms with Crippen molar-refractivity contribution in [3.63, 3.8) is 0 Å². The Labute approximate surface area is 131 Å². The summed E-state index contributed by atoms with van der Waals surface area (Å²) in [5, 5.41) is 11.6. The lowest BCUT2D eigenvalue weighted by Gasteiger charge is -2.09. The highest BCUT2D eigenvalue weighted by atomic mass is 16.6. The molecule has 0 aliphatic rings. The van der Waals surface area contributed by atoms with Crippen LogP contribution in [-0.4, -0.2) is 23.0 Å². The van der Waals surface area contributed by atoms with Gasteiger partial charge in [-0.15, -0.1) is 0 Å². The number of esters is 1. The van der Waals surface area contributed by atoms with Crippen LogP contribution in [0.1, 0.15) is 10.5 Å². The van der Waals surface area contributed by atoms with E-state index in [-0.39, 0.29) is 11.4 Å². The number of ether oxygens (including phenoxy) is 1. The van der Waals surface area contributed by atoms with Gasteiger partial charge in [0.25, 0.3) is 5.69 Å². The van der Waals surface area contributed by atoms with E-state index in [1.807, 2.05) is 30.3 Å². The van der Waals surface area contributed by atoms with Gasteiger partial charge in [-0.3, -0.25) is 10.1 Å². The fraction of sp³-hybridized carbons (Fsp3) is 0.0588. The number of carbonyl (C=O) groups excluding carboxylic acids is 1. The Kier molecular flexibility index (Phi) is 3.72. The monoisotopic (exact) mass is 308 g/mol. The number of hydrogen-bond donors (Lipinski definition) is 0. The summed E-state index contributed by atoms with van der Waals surface area (Å²) in [6, 6.07) is 15.3. The first-order valence-electron chi connectivity index (χ1n) is 6.83. The highest BCUT2D eigenvalue weighted by Crippen LogP contribution is 2.31. The summed E-state index contributed by atoms with van der Waals surface area (Å²) in [5.74, 6) is -0.553. The summed E-state index contributed by atoms with van der Waals surface area (Å²) >= 11 is 0. The Balaban J connectivity index is 2.34. The molecule has 3 rings (SSSR count). The average molecular weight is 308 g/mol. The molecule has 1 heterocycles. The molecule has 6 nitrogen and oxygen atoms in total. The van der Waals surface area contributed by atoms with Crippen LogP contribution in [0.5, 0.6) is 0 Å². The number of non-ortho nitro benzene ring substituents is 1. The molecule has 0 spiro atoms. The molecule has 0 radical (unpaired) electrons. The lowest BCUT2D eigenvalue weighted by molar-refractivity contribution is -0.384. The zero-order valence-corrected chi connectivity index (χ0v) is 12.2. The predicted octanol–water partition coefficient (Wildman–Crippen LogP) is 3.60. The van der Waals surface area contributed by atoms with Crippen molar-refractivity contribution in [2.75, 3.05) is 7.11 Å². The van der Waals surface area contributed by atoms with Gasteiger partial charge in [0, 0.05) is 17.5 Å². The molecule has 2 aromatic carbocycles. The van der Waals surface area contributed by atoms with Crippen molar-refractivity contribution >= 4 is 22.6 Å². The van der Waals surface area contributed by atoms with Crippen LogP contribution >= 0.6 is 0 Å². The van der Waals surface area contributed by atoms with E-state index in [1.165, 1.54) is 25.3 Å². The number of rotatable bonds is 3. The minimum Gasteiger partial charge on any atom is -0.464 e. The van der Waals surface area contributed by atoms with Crippen LogP contribution in [0.3, 0.4) is 0 Å². The van der Waals surface area contributed by atoms with Crippen LogP contribution in [0, 0.1) is 10.1 Å². The van der Waals surface area contributed by atoms with Gasteiger partial charge in [0.05, 0.1) is 17.5 Å². The van der Waals surface area contributed by atoms with E-state index in [0.29, 0.717) is 16.5 Å². The molecule has 114 valence electrons. The lowest BCUT2D eigenvalue weighted by Crippen LogP contribution is -2.05. The van der Waals surface area contributed by atoms with Crippen LogP contribution in [0.2, 0.25) is 0 Å². The Bertz CT molecular complexity index is 907. The SMILES string of the molecule is COC(=O)c1cc(-c2ccccc2)c2cc([N+](=O)[O-])ccc2n1. The maximum absolute atomic E-state index is 11.8. The number of nitrogens with zero attached hydrogens (tertiary/aromatic N) is 2. The van der Waals surface area contributed by atoms with E-state index in [1.54, 1.807) is 6.07 Å². The first-order chi connectivity index (χ1) is 11.1. The summed E-state index contributed by atoms with van der Waals surface area (Å²) in [6.45, 7) is 0. The lowest BCUT2D eigenvalue weighted by atomic mass is 9.99. The molecule has 0 atom stereocenters. The summed E-state index contributed by atoms with van der Waals surface area (Å²) in [4.78, 5) is 26.6. The largest absolute Gasteiger partial charge is 0.464 e. The van der Waals surface area contributed by atoms with Gasteiger partial charge in [-0.25, -0.2) is 9.78 Å². The molecule has 0 aliphatic carbocycles. The van der Waals surface area contributed by atoms with E-state index in [4.69, 9.17) is 4.74 Å². The maximum atomic E-state index is 11.8. The summed E-state index contributed by atoms with van der Waals surface area (Å²) in [6.07, 6.45) is 0. The number of pyridine rings is 1. The second-order valence-corrected chi connectivity index (χ2v) is 4.87. The molecular weight excluding hydrogens is 296 g/mol. The number of nitro groups is 1. The fourth-order valence-electron chi connectivity index (χ4n) is 2.39. The smallest absolute Gasteiger partial charge is 0.356 e. The third-order valence-electron chi connectivity index (χ3n) is 3.48. The van der Waals surface area contributed by atoms with Crippen molar-refractivity contribution in [1.29, 1.82) is 0 Å². The first kappa shape index (κ1) is 14.6. The predicted molar refractivity (Wildman–Crippen MR) is 85.2 cm³/mol. The third kappa shape index (κ3) is 2.74. The number of aromatic nitrogens is 1. The Hall–Kier alpha value is -3.28. The molecule has 0 saturated carbocycles. The zero-order chi connectivity index (χ0) is 16.4. The van der Waals surface area contributed by atoms with Gasteiger partial charge in [0.2, 0.25) is 0 Å². The summed E-state index contributed by atoms with van der Waals surface area (Å²) in [7, 11) is 1.28. The molecule has 0 unspecified atom stereocenters. The van der Waals surface area contributed by atoms with Gasteiger partial charge in [0.15, 0.2) is 0 Å². The Morgan fingerprint density at radius 2 is 1.87 bits per heavy atom. The average Bonchev–Trinajstić information content (AvgIpc) is 2.60. The molecule has 6 heteroatoms. The van der Waals surface area contributed by atoms with Crippen molar-refractivity contribution < 1.29 is 14.5 Å². The quantitative estimate of drug-likeness (QED) is 0.419. The molecule has 0 bridgehead atoms. The summed E-state index contributed by atoms with van der Waals surface area (Å²) < 4.78 is 4.73. The van der Waals surface area contributed by atoms with Crippen LogP contribution in [-0.2, 0) is 4.74 Å². The molecule has 3 aromatic rings. The van der Waals surface area contributed by atoms with Crippen molar-refractivity contribution in [2.45, 2.75) is 0 Å². The second-order valence-electron chi connectivity index (χ2n) is 4.87. The third-order valence-corrected chi connectivity index (χ3v) is 3.48. The molecule has 0 amide bonds. The molecule has 0 N–H and O–H groups in total. The number of nitro benzene ring substituents is 1. The van der Waals surface area contributed by atoms with Crippen LogP contribution in [0.25, 0.3) is 22.0 Å². The van der Waals surface area contributed by atoms with E-state index < -0.39 is 10.9 Å². The molecule has 1 aromatic heterocycles. The normalized spacial score (nSPS) is 10.5. The highest BCUT2D eigenvalue weighted by Gasteiger charge is 2.16. The van der Waals surface area contributed by atoms with Gasteiger partial charge >= 0.3 is 5.97 Å². The van der Waals surface area contributed by atoms with E-state index in [0.717, 1.165) is 5.56 Å². The number of benzene rings is 2. The Morgan fingerprint density at radius 3 is 2.52 bits per heavy atom. The van der Waals surface area contributed by atoms with E-state index in [9.17, 15) is 14.9 Å². The van der Waals surface area contributed by atoms with Crippen molar-refractivity contribution in [2.24, 2.45) is 0 Å². The molecule has 0 saturated heterocycles. The number of fused-ring (bicyclic) bond motifs is 1. The van der Waals surface area contributed by atoms with Gasteiger partial charge in [-0.05, 0) is 23.3 Å². The van der Waals surface area contributed by atoms with Crippen molar-refractivity contribution in [1.82, 2.24) is 4.98 Å². The second kappa shape index (κ2) is 5.84. The van der Waals surface area contributed by atoms with Gasteiger partial charge < -0.3 is 4.74 Å². The van der Waals surface area contributed by atoms with Gasteiger partial charge in [-0.2, -0.15) is 0 Å². The highest BCUT2D eigenvalue weighted by molar-refractivity contribution is 6.00. The molecule has 23 heavy (non-hydrogen) atoms. The molecule has 0 fully saturated rings. The minimum atomic E-state index is -0.553. The Morgan fingerprint density at radius 1 is 1.13 bits per heavy atom. The summed E-state index contributed by atoms with van der Waals surface area (Å²) in [5.41, 5.74) is 2.16. The molecule has 0 aliphatic heterocycles. The van der Waals surface area contributed by atoms with Crippen LogP contribution in [0.4, 0.5) is 5.69 Å². The molecular formula is C17H12N2O4. The standard InChI is InChI=1S/C17H12N2O4/c1-23-17(20)16-10-13(11-5-3-2-4-6-11)14-9-12(19(21)22)7-8-15(14)18-16/h2-10H,1H3. The maximum Gasteiger partial charge on any atom is 0.356 e.